The molecule has 1 unspecified atom stereocenters. The Hall–Kier alpha value is -2.09. The first-order chi connectivity index (χ1) is 8.08. The third-order valence-corrected chi connectivity index (χ3v) is 2.40. The number of carbonyl (C=O) groups is 1. The van der Waals surface area contributed by atoms with Crippen molar-refractivity contribution >= 4 is 11.8 Å². The molecule has 0 radical (unpaired) electrons. The molecule has 0 aliphatic carbocycles. The van der Waals surface area contributed by atoms with Crippen LogP contribution in [-0.2, 0) is 4.79 Å². The van der Waals surface area contributed by atoms with Crippen LogP contribution in [0.25, 0.3) is 0 Å². The third kappa shape index (κ3) is 3.45. The number of carboxylic acids is 1. The maximum Gasteiger partial charge on any atom is 0.326 e. The predicted octanol–water partition coefficient (Wildman–Crippen LogP) is 1.93. The fourth-order valence-corrected chi connectivity index (χ4v) is 1.45. The van der Waals surface area contributed by atoms with E-state index < -0.39 is 12.0 Å². The molecule has 17 heavy (non-hydrogen) atoms. The van der Waals surface area contributed by atoms with E-state index >= 15 is 0 Å². The number of rotatable bonds is 5. The Morgan fingerprint density at radius 2 is 2.35 bits per heavy atom. The molecular formula is C12H15N3O2. The van der Waals surface area contributed by atoms with Crippen LogP contribution in [0.1, 0.15) is 31.0 Å². The Labute approximate surface area is 100 Å². The number of nitriles is 1. The van der Waals surface area contributed by atoms with Gasteiger partial charge in [-0.2, -0.15) is 5.26 Å². The standard InChI is InChI=1S/C12H15N3O2/c1-3-4-9(12(16)17)14-11-6-5-8(2)10(7-13)15-11/h5-6,9H,3-4H2,1-2H3,(H,14,15)(H,16,17). The number of anilines is 1. The van der Waals surface area contributed by atoms with Crippen LogP contribution in [0.4, 0.5) is 5.82 Å². The van der Waals surface area contributed by atoms with Crippen LogP contribution in [0, 0.1) is 18.3 Å². The lowest BCUT2D eigenvalue weighted by molar-refractivity contribution is -0.138. The summed E-state index contributed by atoms with van der Waals surface area (Å²) in [5.74, 6) is -0.485. The Morgan fingerprint density at radius 1 is 1.65 bits per heavy atom. The zero-order valence-electron chi connectivity index (χ0n) is 9.90. The molecule has 0 saturated carbocycles. The fourth-order valence-electron chi connectivity index (χ4n) is 1.45. The monoisotopic (exact) mass is 233 g/mol. The van der Waals surface area contributed by atoms with Crippen molar-refractivity contribution in [3.8, 4) is 6.07 Å². The van der Waals surface area contributed by atoms with Crippen molar-refractivity contribution in [2.24, 2.45) is 0 Å². The number of nitrogens with zero attached hydrogens (tertiary/aromatic N) is 2. The number of aromatic nitrogens is 1. The van der Waals surface area contributed by atoms with Crippen molar-refractivity contribution in [2.45, 2.75) is 32.7 Å². The van der Waals surface area contributed by atoms with Crippen molar-refractivity contribution in [1.29, 1.82) is 5.26 Å². The number of aryl methyl sites for hydroxylation is 1. The molecule has 0 aromatic carbocycles. The van der Waals surface area contributed by atoms with E-state index in [1.54, 1.807) is 19.1 Å². The molecule has 1 aromatic heterocycles. The van der Waals surface area contributed by atoms with Crippen LogP contribution < -0.4 is 5.32 Å². The molecule has 1 aromatic rings. The molecule has 90 valence electrons. The summed E-state index contributed by atoms with van der Waals surface area (Å²) in [6, 6.07) is 4.74. The molecule has 5 nitrogen and oxygen atoms in total. The van der Waals surface area contributed by atoms with E-state index in [0.717, 1.165) is 12.0 Å². The van der Waals surface area contributed by atoms with E-state index in [1.807, 2.05) is 13.0 Å². The van der Waals surface area contributed by atoms with Crippen molar-refractivity contribution in [3.05, 3.63) is 23.4 Å². The maximum atomic E-state index is 11.0. The summed E-state index contributed by atoms with van der Waals surface area (Å²) in [6.45, 7) is 3.71. The first-order valence-corrected chi connectivity index (χ1v) is 5.45. The van der Waals surface area contributed by atoms with E-state index in [4.69, 9.17) is 10.4 Å². The topological polar surface area (TPSA) is 86.0 Å². The van der Waals surface area contributed by atoms with Crippen LogP contribution in [0.2, 0.25) is 0 Å². The number of hydrogen-bond acceptors (Lipinski definition) is 4. The van der Waals surface area contributed by atoms with Crippen molar-refractivity contribution in [3.63, 3.8) is 0 Å². The van der Waals surface area contributed by atoms with Gasteiger partial charge in [0.2, 0.25) is 0 Å². The van der Waals surface area contributed by atoms with Gasteiger partial charge in [-0.05, 0) is 25.0 Å². The molecular weight excluding hydrogens is 218 g/mol. The van der Waals surface area contributed by atoms with Gasteiger partial charge in [0, 0.05) is 0 Å². The van der Waals surface area contributed by atoms with Crippen LogP contribution in [0.3, 0.4) is 0 Å². The molecule has 5 heteroatoms. The Bertz CT molecular complexity index is 452. The quantitative estimate of drug-likeness (QED) is 0.811. The minimum absolute atomic E-state index is 0.315. The van der Waals surface area contributed by atoms with E-state index in [2.05, 4.69) is 10.3 Å². The first-order valence-electron chi connectivity index (χ1n) is 5.45. The summed E-state index contributed by atoms with van der Waals surface area (Å²) in [6.07, 6.45) is 1.29. The van der Waals surface area contributed by atoms with Crippen molar-refractivity contribution in [2.75, 3.05) is 5.32 Å². The summed E-state index contributed by atoms with van der Waals surface area (Å²) >= 11 is 0. The number of hydrogen-bond donors (Lipinski definition) is 2. The van der Waals surface area contributed by atoms with Gasteiger partial charge in [-0.3, -0.25) is 0 Å². The highest BCUT2D eigenvalue weighted by Crippen LogP contribution is 2.12. The molecule has 0 fully saturated rings. The minimum Gasteiger partial charge on any atom is -0.480 e. The van der Waals surface area contributed by atoms with Crippen LogP contribution in [0.5, 0.6) is 0 Å². The highest BCUT2D eigenvalue weighted by molar-refractivity contribution is 5.76. The molecule has 0 spiro atoms. The normalized spacial score (nSPS) is 11.6. The van der Waals surface area contributed by atoms with Gasteiger partial charge >= 0.3 is 5.97 Å². The third-order valence-electron chi connectivity index (χ3n) is 2.40. The smallest absolute Gasteiger partial charge is 0.326 e. The molecule has 1 atom stereocenters. The van der Waals surface area contributed by atoms with Gasteiger partial charge in [0.15, 0.2) is 0 Å². The fraction of sp³-hybridized carbons (Fsp3) is 0.417. The summed E-state index contributed by atoms with van der Waals surface area (Å²) in [4.78, 5) is 15.0. The van der Waals surface area contributed by atoms with Crippen LogP contribution >= 0.6 is 0 Å². The number of aliphatic carboxylic acids is 1. The van der Waals surface area contributed by atoms with Crippen molar-refractivity contribution in [1.82, 2.24) is 4.98 Å². The number of nitrogens with one attached hydrogen (secondary N) is 1. The largest absolute Gasteiger partial charge is 0.480 e. The van der Waals surface area contributed by atoms with Crippen LogP contribution in [0.15, 0.2) is 12.1 Å². The van der Waals surface area contributed by atoms with Gasteiger partial charge < -0.3 is 10.4 Å². The second-order valence-corrected chi connectivity index (χ2v) is 3.80. The van der Waals surface area contributed by atoms with E-state index in [9.17, 15) is 4.79 Å². The van der Waals surface area contributed by atoms with Gasteiger partial charge in [0.1, 0.15) is 23.6 Å². The first kappa shape index (κ1) is 13.0. The summed E-state index contributed by atoms with van der Waals surface area (Å²) < 4.78 is 0. The number of pyridine rings is 1. The Kier molecular flexibility index (Phi) is 4.46. The molecule has 1 rings (SSSR count). The van der Waals surface area contributed by atoms with Gasteiger partial charge in [-0.1, -0.05) is 19.4 Å². The highest BCUT2D eigenvalue weighted by atomic mass is 16.4. The van der Waals surface area contributed by atoms with Gasteiger partial charge in [-0.25, -0.2) is 9.78 Å². The van der Waals surface area contributed by atoms with Crippen LogP contribution in [-0.4, -0.2) is 22.1 Å². The molecule has 2 N–H and O–H groups in total. The second-order valence-electron chi connectivity index (χ2n) is 3.80. The Balaban J connectivity index is 2.87. The minimum atomic E-state index is -0.910. The average molecular weight is 233 g/mol. The molecule has 0 aliphatic rings. The Morgan fingerprint density at radius 3 is 2.88 bits per heavy atom. The molecule has 0 amide bonds. The molecule has 0 aliphatic heterocycles. The average Bonchev–Trinajstić information content (AvgIpc) is 2.30. The zero-order chi connectivity index (χ0) is 12.8. The maximum absolute atomic E-state index is 11.0. The summed E-state index contributed by atoms with van der Waals surface area (Å²) in [5, 5.41) is 20.6. The number of carboxylic acid groups (broad SMARTS) is 1. The van der Waals surface area contributed by atoms with Gasteiger partial charge in [0.05, 0.1) is 0 Å². The second kappa shape index (κ2) is 5.85. The van der Waals surface area contributed by atoms with Gasteiger partial charge in [-0.15, -0.1) is 0 Å². The van der Waals surface area contributed by atoms with E-state index in [0.29, 0.717) is 17.9 Å². The van der Waals surface area contributed by atoms with Crippen molar-refractivity contribution < 1.29 is 9.90 Å². The predicted molar refractivity (Wildman–Crippen MR) is 63.6 cm³/mol. The lowest BCUT2D eigenvalue weighted by Gasteiger charge is -2.14. The highest BCUT2D eigenvalue weighted by Gasteiger charge is 2.16. The molecule has 0 bridgehead atoms. The van der Waals surface area contributed by atoms with E-state index in [-0.39, 0.29) is 0 Å². The molecule has 1 heterocycles. The lowest BCUT2D eigenvalue weighted by atomic mass is 10.1. The van der Waals surface area contributed by atoms with E-state index in [1.165, 1.54) is 0 Å². The lowest BCUT2D eigenvalue weighted by Crippen LogP contribution is -2.29. The van der Waals surface area contributed by atoms with Gasteiger partial charge in [0.25, 0.3) is 0 Å². The summed E-state index contributed by atoms with van der Waals surface area (Å²) in [7, 11) is 0. The zero-order valence-corrected chi connectivity index (χ0v) is 9.90. The summed E-state index contributed by atoms with van der Waals surface area (Å²) in [5.41, 5.74) is 1.09. The molecule has 0 saturated heterocycles. The SMILES string of the molecule is CCCC(Nc1ccc(C)c(C#N)n1)C(=O)O.